The van der Waals surface area contributed by atoms with Gasteiger partial charge in [-0.15, -0.1) is 0 Å². The minimum Gasteiger partial charge on any atom is -0.335 e. The van der Waals surface area contributed by atoms with Gasteiger partial charge in [0.1, 0.15) is 0 Å². The molecule has 1 aromatic rings. The summed E-state index contributed by atoms with van der Waals surface area (Å²) in [5, 5.41) is 2.31. The average Bonchev–Trinajstić information content (AvgIpc) is 2.70. The van der Waals surface area contributed by atoms with Crippen molar-refractivity contribution in [3.8, 4) is 0 Å². The quantitative estimate of drug-likeness (QED) is 0.358. The smallest absolute Gasteiger partial charge is 0.331 e. The van der Waals surface area contributed by atoms with Crippen molar-refractivity contribution in [2.24, 2.45) is 10.9 Å². The van der Waals surface area contributed by atoms with Gasteiger partial charge in [-0.05, 0) is 25.8 Å². The number of hydrogen-bond donors (Lipinski definition) is 2. The Labute approximate surface area is 166 Å². The van der Waals surface area contributed by atoms with E-state index < -0.39 is 23.8 Å². The minimum atomic E-state index is -1.02. The van der Waals surface area contributed by atoms with Crippen molar-refractivity contribution in [1.29, 1.82) is 0 Å². The normalized spacial score (nSPS) is 18.0. The fraction of sp³-hybridized carbons (Fsp3) is 0.524. The Kier molecular flexibility index (Phi) is 8.32. The van der Waals surface area contributed by atoms with Gasteiger partial charge in [-0.25, -0.2) is 4.79 Å². The molecule has 0 aliphatic carbocycles. The number of urea groups is 1. The summed E-state index contributed by atoms with van der Waals surface area (Å²) in [6.45, 7) is 10.1. The number of nitrogens with zero attached hydrogens (tertiary/aromatic N) is 2. The van der Waals surface area contributed by atoms with Crippen molar-refractivity contribution in [3.63, 3.8) is 0 Å². The Morgan fingerprint density at radius 3 is 2.39 bits per heavy atom. The van der Waals surface area contributed by atoms with E-state index in [9.17, 15) is 14.4 Å². The van der Waals surface area contributed by atoms with E-state index in [-0.39, 0.29) is 6.54 Å². The van der Waals surface area contributed by atoms with Gasteiger partial charge < -0.3 is 4.90 Å². The highest BCUT2D eigenvalue weighted by molar-refractivity contribution is 6.27. The molecule has 7 heteroatoms. The van der Waals surface area contributed by atoms with E-state index in [1.165, 1.54) is 4.90 Å². The summed E-state index contributed by atoms with van der Waals surface area (Å²) >= 11 is 0. The summed E-state index contributed by atoms with van der Waals surface area (Å²) in [5.74, 6) is -2.09. The summed E-state index contributed by atoms with van der Waals surface area (Å²) < 4.78 is 0. The first kappa shape index (κ1) is 21.8. The van der Waals surface area contributed by atoms with Crippen molar-refractivity contribution in [3.05, 3.63) is 35.9 Å². The molecule has 1 saturated heterocycles. The van der Waals surface area contributed by atoms with Gasteiger partial charge in [0.25, 0.3) is 0 Å². The summed E-state index contributed by atoms with van der Waals surface area (Å²) in [6.07, 6.45) is 1.39. The predicted octanol–water partition coefficient (Wildman–Crippen LogP) is 1.05. The van der Waals surface area contributed by atoms with Gasteiger partial charge in [-0.2, -0.15) is 0 Å². The highest BCUT2D eigenvalue weighted by atomic mass is 16.2. The maximum atomic E-state index is 12.9. The van der Waals surface area contributed by atoms with Crippen molar-refractivity contribution in [2.75, 3.05) is 26.2 Å². The number of rotatable bonds is 10. The van der Waals surface area contributed by atoms with Crippen LogP contribution >= 0.6 is 0 Å². The fourth-order valence-corrected chi connectivity index (χ4v) is 3.39. The molecule has 28 heavy (non-hydrogen) atoms. The van der Waals surface area contributed by atoms with E-state index in [4.69, 9.17) is 0 Å². The molecule has 0 saturated carbocycles. The molecular weight excluding hydrogens is 356 g/mol. The van der Waals surface area contributed by atoms with Crippen molar-refractivity contribution in [1.82, 2.24) is 10.2 Å². The van der Waals surface area contributed by atoms with Crippen LogP contribution in [0.4, 0.5) is 4.79 Å². The van der Waals surface area contributed by atoms with Crippen LogP contribution in [-0.4, -0.2) is 54.6 Å². The molecule has 1 aliphatic heterocycles. The zero-order chi connectivity index (χ0) is 20.5. The van der Waals surface area contributed by atoms with Crippen molar-refractivity contribution in [2.45, 2.75) is 40.2 Å². The van der Waals surface area contributed by atoms with Crippen LogP contribution in [0, 0.1) is 5.92 Å². The van der Waals surface area contributed by atoms with Gasteiger partial charge in [0, 0.05) is 18.7 Å². The fourth-order valence-electron chi connectivity index (χ4n) is 3.39. The molecule has 1 aliphatic rings. The predicted molar refractivity (Wildman–Crippen MR) is 108 cm³/mol. The minimum absolute atomic E-state index is 0.137. The van der Waals surface area contributed by atoms with E-state index in [1.54, 1.807) is 0 Å². The molecule has 2 N–H and O–H groups in total. The lowest BCUT2D eigenvalue weighted by molar-refractivity contribution is -0.896. The third-order valence-corrected chi connectivity index (χ3v) is 5.13. The number of carbonyl (C=O) groups is 3. The zero-order valence-corrected chi connectivity index (χ0v) is 17.0. The molecule has 0 spiro atoms. The largest absolute Gasteiger partial charge is 0.335 e. The SMILES string of the molecule is CCC(=NCCC[NH+](CC)CC)C1C(=O)NC(=O)N(Cc2ccccc2)C1=O. The number of aliphatic imine (C=N–C) groups is 1. The van der Waals surface area contributed by atoms with E-state index >= 15 is 0 Å². The maximum absolute atomic E-state index is 12.9. The van der Waals surface area contributed by atoms with Gasteiger partial charge in [0.05, 0.1) is 26.2 Å². The van der Waals surface area contributed by atoms with E-state index in [0.29, 0.717) is 18.7 Å². The summed E-state index contributed by atoms with van der Waals surface area (Å²) in [6, 6.07) is 8.58. The summed E-state index contributed by atoms with van der Waals surface area (Å²) in [4.78, 5) is 44.7. The Hall–Kier alpha value is -2.54. The second-order valence-corrected chi connectivity index (χ2v) is 6.92. The van der Waals surface area contributed by atoms with Crippen molar-refractivity contribution >= 4 is 23.6 Å². The van der Waals surface area contributed by atoms with E-state index in [1.807, 2.05) is 37.3 Å². The lowest BCUT2D eigenvalue weighted by Gasteiger charge is -2.30. The Bertz CT molecular complexity index is 714. The molecule has 1 fully saturated rings. The van der Waals surface area contributed by atoms with Crippen molar-refractivity contribution < 1.29 is 19.3 Å². The monoisotopic (exact) mass is 387 g/mol. The van der Waals surface area contributed by atoms with Crippen LogP contribution in [0.25, 0.3) is 0 Å². The first-order valence-electron chi connectivity index (χ1n) is 10.1. The second kappa shape index (κ2) is 10.7. The standard InChI is InChI=1S/C21H30N4O3/c1-4-17(22-13-10-14-24(5-2)6-3)18-19(26)23-21(28)25(20(18)27)15-16-11-8-7-9-12-16/h7-9,11-12,18H,4-6,10,13-15H2,1-3H3,(H,23,26,28)/p+1. The second-order valence-electron chi connectivity index (χ2n) is 6.92. The van der Waals surface area contributed by atoms with E-state index in [2.05, 4.69) is 24.2 Å². The number of amides is 4. The molecule has 152 valence electrons. The molecule has 1 heterocycles. The lowest BCUT2D eigenvalue weighted by Crippen LogP contribution is -3.11. The van der Waals surface area contributed by atoms with Gasteiger partial charge in [-0.3, -0.25) is 24.8 Å². The third kappa shape index (κ3) is 5.48. The molecule has 1 atom stereocenters. The number of imide groups is 2. The van der Waals surface area contributed by atoms with Crippen LogP contribution in [-0.2, 0) is 16.1 Å². The first-order chi connectivity index (χ1) is 13.5. The Morgan fingerprint density at radius 2 is 1.79 bits per heavy atom. The van der Waals surface area contributed by atoms with Gasteiger partial charge in [-0.1, -0.05) is 37.3 Å². The number of nitrogens with one attached hydrogen (secondary N) is 2. The Balaban J connectivity index is 2.09. The summed E-state index contributed by atoms with van der Waals surface area (Å²) in [7, 11) is 0. The molecular formula is C21H31N4O3+. The number of carbonyl (C=O) groups excluding carboxylic acids is 3. The molecule has 1 unspecified atom stereocenters. The number of hydrogen-bond acceptors (Lipinski definition) is 4. The van der Waals surface area contributed by atoms with Crippen LogP contribution in [0.5, 0.6) is 0 Å². The van der Waals surface area contributed by atoms with E-state index in [0.717, 1.165) is 36.5 Å². The molecule has 0 aromatic heterocycles. The topological polar surface area (TPSA) is 83.3 Å². The Morgan fingerprint density at radius 1 is 1.11 bits per heavy atom. The van der Waals surface area contributed by atoms with Gasteiger partial charge in [0.15, 0.2) is 5.92 Å². The van der Waals surface area contributed by atoms with Crippen LogP contribution in [0.2, 0.25) is 0 Å². The van der Waals surface area contributed by atoms with Crippen LogP contribution in [0.3, 0.4) is 0 Å². The van der Waals surface area contributed by atoms with Crippen LogP contribution in [0.1, 0.15) is 39.2 Å². The molecule has 0 bridgehead atoms. The summed E-state index contributed by atoms with van der Waals surface area (Å²) in [5.41, 5.74) is 1.37. The number of benzene rings is 1. The first-order valence-corrected chi connectivity index (χ1v) is 10.1. The molecule has 2 rings (SSSR count). The lowest BCUT2D eigenvalue weighted by atomic mass is 9.96. The highest BCUT2D eigenvalue weighted by Crippen LogP contribution is 2.17. The maximum Gasteiger partial charge on any atom is 0.331 e. The van der Waals surface area contributed by atoms with Gasteiger partial charge in [0.2, 0.25) is 11.8 Å². The third-order valence-electron chi connectivity index (χ3n) is 5.13. The molecule has 1 aromatic carbocycles. The van der Waals surface area contributed by atoms with Gasteiger partial charge >= 0.3 is 6.03 Å². The molecule has 0 radical (unpaired) electrons. The number of quaternary nitrogens is 1. The molecule has 4 amide bonds. The molecule has 7 nitrogen and oxygen atoms in total. The average molecular weight is 388 g/mol. The zero-order valence-electron chi connectivity index (χ0n) is 17.0. The van der Waals surface area contributed by atoms with Crippen LogP contribution in [0.15, 0.2) is 35.3 Å². The highest BCUT2D eigenvalue weighted by Gasteiger charge is 2.42. The number of barbiturate groups is 1. The van der Waals surface area contributed by atoms with Crippen LogP contribution < -0.4 is 10.2 Å².